The highest BCUT2D eigenvalue weighted by Gasteiger charge is 2.41. The number of benzene rings is 2. The largest absolute Gasteiger partial charge is 0.385 e. The van der Waals surface area contributed by atoms with Gasteiger partial charge in [-0.2, -0.15) is 0 Å². The van der Waals surface area contributed by atoms with Gasteiger partial charge >= 0.3 is 0 Å². The molecule has 1 aromatic heterocycles. The van der Waals surface area contributed by atoms with Gasteiger partial charge in [0.05, 0.1) is 17.0 Å². The maximum Gasteiger partial charge on any atom is 0.253 e. The molecule has 1 unspecified atom stereocenters. The summed E-state index contributed by atoms with van der Waals surface area (Å²) in [6, 6.07) is 14.7. The Morgan fingerprint density at radius 1 is 1.11 bits per heavy atom. The highest BCUT2D eigenvalue weighted by molar-refractivity contribution is 6.30. The summed E-state index contributed by atoms with van der Waals surface area (Å²) in [4.78, 5) is 35.3. The van der Waals surface area contributed by atoms with Gasteiger partial charge in [-0.15, -0.1) is 0 Å². The second-order valence-electron chi connectivity index (χ2n) is 10.1. The van der Waals surface area contributed by atoms with Gasteiger partial charge in [0.15, 0.2) is 0 Å². The molecule has 2 fully saturated rings. The molecule has 0 spiro atoms. The molecule has 2 aliphatic heterocycles. The third kappa shape index (κ3) is 5.37. The van der Waals surface area contributed by atoms with Crippen molar-refractivity contribution in [3.8, 4) is 0 Å². The Hall–Kier alpha value is -2.94. The molecule has 9 heteroatoms. The number of nitrogens with two attached hydrogens (primary N) is 1. The van der Waals surface area contributed by atoms with E-state index in [9.17, 15) is 9.59 Å². The van der Waals surface area contributed by atoms with E-state index in [1.165, 1.54) is 0 Å². The van der Waals surface area contributed by atoms with Crippen molar-refractivity contribution in [1.82, 2.24) is 19.4 Å². The molecule has 2 amide bonds. The van der Waals surface area contributed by atoms with Crippen LogP contribution in [-0.2, 0) is 16.1 Å². The van der Waals surface area contributed by atoms with Crippen LogP contribution in [0.3, 0.4) is 0 Å². The Balaban J connectivity index is 1.30. The zero-order valence-electron chi connectivity index (χ0n) is 21.2. The Bertz CT molecular complexity index is 1280. The molecule has 2 N–H and O–H groups in total. The number of nitrogens with zero attached hydrogens (tertiary/aromatic N) is 4. The Morgan fingerprint density at radius 3 is 2.76 bits per heavy atom. The van der Waals surface area contributed by atoms with Crippen molar-refractivity contribution in [3.05, 3.63) is 64.9 Å². The number of fused-ring (bicyclic) bond motifs is 1. The van der Waals surface area contributed by atoms with Crippen LogP contribution in [0, 0.1) is 5.92 Å². The molecule has 196 valence electrons. The van der Waals surface area contributed by atoms with E-state index in [4.69, 9.17) is 27.1 Å². The van der Waals surface area contributed by atoms with Crippen LogP contribution in [0.5, 0.6) is 0 Å². The van der Waals surface area contributed by atoms with Gasteiger partial charge < -0.3 is 24.8 Å². The number of halogens is 1. The fraction of sp³-hybridized carbons (Fsp3) is 0.464. The molecule has 0 radical (unpaired) electrons. The lowest BCUT2D eigenvalue weighted by molar-refractivity contribution is -0.136. The minimum atomic E-state index is -0.414. The van der Waals surface area contributed by atoms with Crippen LogP contribution in [0.2, 0.25) is 5.02 Å². The third-order valence-corrected chi connectivity index (χ3v) is 7.79. The molecule has 3 atom stereocenters. The van der Waals surface area contributed by atoms with Crippen LogP contribution in [0.25, 0.3) is 11.0 Å². The van der Waals surface area contributed by atoms with E-state index >= 15 is 0 Å². The van der Waals surface area contributed by atoms with Gasteiger partial charge in [0.2, 0.25) is 5.91 Å². The molecular formula is C28H34ClN5O3. The zero-order valence-corrected chi connectivity index (χ0v) is 21.9. The summed E-state index contributed by atoms with van der Waals surface area (Å²) < 4.78 is 7.57. The molecule has 2 saturated heterocycles. The Kier molecular flexibility index (Phi) is 7.79. The minimum absolute atomic E-state index is 0.0284. The van der Waals surface area contributed by atoms with Gasteiger partial charge in [0.1, 0.15) is 5.82 Å². The van der Waals surface area contributed by atoms with Crippen molar-refractivity contribution in [1.29, 1.82) is 0 Å². The van der Waals surface area contributed by atoms with Gasteiger partial charge in [0, 0.05) is 69.0 Å². The number of carbonyl (C=O) groups is 2. The summed E-state index contributed by atoms with van der Waals surface area (Å²) in [6.45, 7) is 3.49. The maximum absolute atomic E-state index is 13.7. The predicted molar refractivity (Wildman–Crippen MR) is 144 cm³/mol. The fourth-order valence-electron chi connectivity index (χ4n) is 5.69. The quantitative estimate of drug-likeness (QED) is 0.478. The maximum atomic E-state index is 13.7. The summed E-state index contributed by atoms with van der Waals surface area (Å²) in [5.74, 6) is 0.648. The molecule has 0 bridgehead atoms. The number of piperidine rings is 1. The van der Waals surface area contributed by atoms with Crippen molar-refractivity contribution in [2.75, 3.05) is 39.9 Å². The van der Waals surface area contributed by atoms with Crippen molar-refractivity contribution in [3.63, 3.8) is 0 Å². The van der Waals surface area contributed by atoms with Crippen LogP contribution in [0.4, 0.5) is 0 Å². The standard InChI is InChI=1S/C28H34ClN5O3/c1-37-14-6-13-34-25-11-3-2-10-24(25)31-26(34)20-8-5-12-32(16-20)28(36)22-17-33(18-23(22)30)27(35)19-7-4-9-21(29)15-19/h2-4,7,9-11,15,20,22-23H,5-6,8,12-14,16-18,30H2,1H3/t20?,22-,23-/m1/s1. The van der Waals surface area contributed by atoms with E-state index in [-0.39, 0.29) is 17.7 Å². The molecular weight excluding hydrogens is 490 g/mol. The third-order valence-electron chi connectivity index (χ3n) is 7.55. The molecule has 5 rings (SSSR count). The molecule has 3 aromatic rings. The molecule has 37 heavy (non-hydrogen) atoms. The molecule has 0 saturated carbocycles. The van der Waals surface area contributed by atoms with Crippen molar-refractivity contribution < 1.29 is 14.3 Å². The second-order valence-corrected chi connectivity index (χ2v) is 10.5. The number of likely N-dealkylation sites (tertiary alicyclic amines) is 2. The highest BCUT2D eigenvalue weighted by Crippen LogP contribution is 2.31. The number of rotatable bonds is 7. The average Bonchev–Trinajstić information content (AvgIpc) is 3.49. The summed E-state index contributed by atoms with van der Waals surface area (Å²) in [6.07, 6.45) is 2.78. The molecule has 3 heterocycles. The minimum Gasteiger partial charge on any atom is -0.385 e. The topological polar surface area (TPSA) is 93.7 Å². The monoisotopic (exact) mass is 523 g/mol. The number of ether oxygens (including phenoxy) is 1. The van der Waals surface area contributed by atoms with Crippen molar-refractivity contribution >= 4 is 34.4 Å². The molecule has 2 aromatic carbocycles. The van der Waals surface area contributed by atoms with E-state index in [2.05, 4.69) is 10.6 Å². The first-order valence-corrected chi connectivity index (χ1v) is 13.4. The number of hydrogen-bond donors (Lipinski definition) is 1. The van der Waals surface area contributed by atoms with Crippen molar-refractivity contribution in [2.45, 2.75) is 37.8 Å². The van der Waals surface area contributed by atoms with Gasteiger partial charge in [0.25, 0.3) is 5.91 Å². The number of hydrogen-bond acceptors (Lipinski definition) is 5. The molecule has 8 nitrogen and oxygen atoms in total. The van der Waals surface area contributed by atoms with Gasteiger partial charge in [-0.1, -0.05) is 29.8 Å². The molecule has 2 aliphatic rings. The lowest BCUT2D eigenvalue weighted by atomic mass is 9.94. The van der Waals surface area contributed by atoms with Crippen LogP contribution in [0.1, 0.15) is 41.4 Å². The summed E-state index contributed by atoms with van der Waals surface area (Å²) in [5, 5.41) is 0.509. The number of imidazole rings is 1. The fourth-order valence-corrected chi connectivity index (χ4v) is 5.88. The highest BCUT2D eigenvalue weighted by atomic mass is 35.5. The Morgan fingerprint density at radius 2 is 1.95 bits per heavy atom. The van der Waals surface area contributed by atoms with Gasteiger partial charge in [-0.3, -0.25) is 9.59 Å². The second kappa shape index (κ2) is 11.2. The van der Waals surface area contributed by atoms with Crippen LogP contribution < -0.4 is 5.73 Å². The average molecular weight is 524 g/mol. The van der Waals surface area contributed by atoms with Gasteiger partial charge in [-0.05, 0) is 49.6 Å². The number of aromatic nitrogens is 2. The number of amides is 2. The van der Waals surface area contributed by atoms with E-state index in [0.29, 0.717) is 43.4 Å². The Labute approximate surface area is 222 Å². The number of carbonyl (C=O) groups excluding carboxylic acids is 2. The normalized spacial score (nSPS) is 22.1. The van der Waals surface area contributed by atoms with E-state index < -0.39 is 12.0 Å². The lowest BCUT2D eigenvalue weighted by Crippen LogP contribution is -2.47. The summed E-state index contributed by atoms with van der Waals surface area (Å²) in [7, 11) is 1.72. The zero-order chi connectivity index (χ0) is 25.9. The van der Waals surface area contributed by atoms with E-state index in [1.807, 2.05) is 23.1 Å². The van der Waals surface area contributed by atoms with Crippen LogP contribution in [-0.4, -0.2) is 77.1 Å². The smallest absolute Gasteiger partial charge is 0.253 e. The van der Waals surface area contributed by atoms with E-state index in [1.54, 1.807) is 36.3 Å². The van der Waals surface area contributed by atoms with Crippen LogP contribution >= 0.6 is 11.6 Å². The number of para-hydroxylation sites is 2. The first kappa shape index (κ1) is 25.7. The SMILES string of the molecule is COCCCn1c(C2CCCN(C(=O)[C@@H]3CN(C(=O)c4cccc(Cl)c4)C[C@H]3N)C2)nc2ccccc21. The first-order chi connectivity index (χ1) is 18.0. The van der Waals surface area contributed by atoms with Crippen LogP contribution in [0.15, 0.2) is 48.5 Å². The summed E-state index contributed by atoms with van der Waals surface area (Å²) >= 11 is 6.07. The molecule has 0 aliphatic carbocycles. The van der Waals surface area contributed by atoms with E-state index in [0.717, 1.165) is 42.7 Å². The lowest BCUT2D eigenvalue weighted by Gasteiger charge is -2.35. The number of aryl methyl sites for hydroxylation is 1. The first-order valence-electron chi connectivity index (χ1n) is 13.0. The summed E-state index contributed by atoms with van der Waals surface area (Å²) in [5.41, 5.74) is 9.02. The van der Waals surface area contributed by atoms with Crippen molar-refractivity contribution in [2.24, 2.45) is 11.7 Å². The van der Waals surface area contributed by atoms with Gasteiger partial charge in [-0.25, -0.2) is 4.98 Å². The number of methoxy groups -OCH3 is 1. The predicted octanol–water partition coefficient (Wildman–Crippen LogP) is 3.53.